The molecule has 0 aliphatic rings. The van der Waals surface area contributed by atoms with E-state index in [4.69, 9.17) is 0 Å². The summed E-state index contributed by atoms with van der Waals surface area (Å²) in [5, 5.41) is 8.41. The lowest BCUT2D eigenvalue weighted by Crippen LogP contribution is -2.18. The highest BCUT2D eigenvalue weighted by molar-refractivity contribution is 5.80. The molecule has 0 aliphatic heterocycles. The molecule has 0 unspecified atom stereocenters. The number of para-hydroxylation sites is 2. The van der Waals surface area contributed by atoms with Crippen LogP contribution in [0.2, 0.25) is 0 Å². The van der Waals surface area contributed by atoms with Crippen LogP contribution in [0.15, 0.2) is 53.3 Å². The van der Waals surface area contributed by atoms with Crippen molar-refractivity contribution in [3.8, 4) is 11.3 Å². The fourth-order valence-corrected chi connectivity index (χ4v) is 2.75. The predicted octanol–water partition coefficient (Wildman–Crippen LogP) is 2.56. The number of fused-ring (bicyclic) bond motifs is 3. The molecule has 4 rings (SSSR count). The van der Waals surface area contributed by atoms with Crippen molar-refractivity contribution in [2.24, 2.45) is 7.05 Å². The average molecular weight is 290 g/mol. The standard InChI is InChI=1S/C17H14N4O/c1-11-7-9-12(10-8-11)15-16(22)21-14-6-4-3-5-13(14)20(2)17(21)19-18-15/h3-10H,1-2H3. The topological polar surface area (TPSA) is 52.2 Å². The number of hydrogen-bond donors (Lipinski definition) is 0. The van der Waals surface area contributed by atoms with Crippen molar-refractivity contribution < 1.29 is 0 Å². The number of hydrogen-bond acceptors (Lipinski definition) is 3. The van der Waals surface area contributed by atoms with Gasteiger partial charge in [0, 0.05) is 12.6 Å². The summed E-state index contributed by atoms with van der Waals surface area (Å²) in [5.41, 5.74) is 3.94. The quantitative estimate of drug-likeness (QED) is 0.541. The fraction of sp³-hybridized carbons (Fsp3) is 0.118. The first-order valence-corrected chi connectivity index (χ1v) is 7.07. The molecule has 0 bridgehead atoms. The van der Waals surface area contributed by atoms with E-state index in [0.717, 1.165) is 22.2 Å². The number of benzene rings is 2. The van der Waals surface area contributed by atoms with Gasteiger partial charge in [-0.15, -0.1) is 10.2 Å². The summed E-state index contributed by atoms with van der Waals surface area (Å²) in [6.45, 7) is 2.01. The highest BCUT2D eigenvalue weighted by Crippen LogP contribution is 2.18. The van der Waals surface area contributed by atoms with Crippen molar-refractivity contribution in [3.63, 3.8) is 0 Å². The average Bonchev–Trinajstić information content (AvgIpc) is 2.83. The van der Waals surface area contributed by atoms with Crippen molar-refractivity contribution in [3.05, 3.63) is 64.4 Å². The Kier molecular flexibility index (Phi) is 2.63. The van der Waals surface area contributed by atoms with Gasteiger partial charge < -0.3 is 4.57 Å². The van der Waals surface area contributed by atoms with E-state index >= 15 is 0 Å². The van der Waals surface area contributed by atoms with Crippen LogP contribution >= 0.6 is 0 Å². The number of aryl methyl sites for hydroxylation is 2. The van der Waals surface area contributed by atoms with Gasteiger partial charge in [-0.2, -0.15) is 0 Å². The lowest BCUT2D eigenvalue weighted by Gasteiger charge is -2.01. The molecule has 22 heavy (non-hydrogen) atoms. The normalized spacial score (nSPS) is 11.4. The molecule has 2 aromatic heterocycles. The second-order valence-corrected chi connectivity index (χ2v) is 5.40. The SMILES string of the molecule is Cc1ccc(-c2nnc3n(C)c4ccccc4n3c2=O)cc1. The smallest absolute Gasteiger partial charge is 0.286 e. The maximum atomic E-state index is 12.9. The maximum Gasteiger partial charge on any atom is 0.286 e. The molecule has 0 saturated carbocycles. The molecule has 0 amide bonds. The Hall–Kier alpha value is -2.95. The largest absolute Gasteiger partial charge is 0.311 e. The third-order valence-corrected chi connectivity index (χ3v) is 3.95. The highest BCUT2D eigenvalue weighted by atomic mass is 16.1. The van der Waals surface area contributed by atoms with E-state index in [2.05, 4.69) is 10.2 Å². The summed E-state index contributed by atoms with van der Waals surface area (Å²) in [6.07, 6.45) is 0. The summed E-state index contributed by atoms with van der Waals surface area (Å²) >= 11 is 0. The van der Waals surface area contributed by atoms with Crippen molar-refractivity contribution >= 4 is 16.8 Å². The van der Waals surface area contributed by atoms with E-state index in [1.807, 2.05) is 67.1 Å². The second kappa shape index (κ2) is 4.53. The van der Waals surface area contributed by atoms with Gasteiger partial charge in [0.05, 0.1) is 11.0 Å². The van der Waals surface area contributed by atoms with Gasteiger partial charge >= 0.3 is 0 Å². The van der Waals surface area contributed by atoms with Gasteiger partial charge in [0.15, 0.2) is 5.69 Å². The maximum absolute atomic E-state index is 12.9. The summed E-state index contributed by atoms with van der Waals surface area (Å²) in [6, 6.07) is 15.5. The van der Waals surface area contributed by atoms with Crippen molar-refractivity contribution in [1.82, 2.24) is 19.2 Å². The number of imidazole rings is 1. The second-order valence-electron chi connectivity index (χ2n) is 5.40. The first-order valence-electron chi connectivity index (χ1n) is 7.07. The monoisotopic (exact) mass is 290 g/mol. The molecule has 0 radical (unpaired) electrons. The minimum atomic E-state index is -0.148. The van der Waals surface area contributed by atoms with E-state index < -0.39 is 0 Å². The first kappa shape index (κ1) is 12.8. The molecule has 0 spiro atoms. The minimum absolute atomic E-state index is 0.148. The van der Waals surface area contributed by atoms with Gasteiger partial charge in [-0.1, -0.05) is 42.0 Å². The van der Waals surface area contributed by atoms with Crippen LogP contribution in [0, 0.1) is 6.92 Å². The molecule has 5 nitrogen and oxygen atoms in total. The predicted molar refractivity (Wildman–Crippen MR) is 85.9 cm³/mol. The molecule has 2 heterocycles. The van der Waals surface area contributed by atoms with E-state index in [-0.39, 0.29) is 5.56 Å². The Morgan fingerprint density at radius 1 is 0.909 bits per heavy atom. The molecule has 0 N–H and O–H groups in total. The summed E-state index contributed by atoms with van der Waals surface area (Å²) in [4.78, 5) is 12.9. The van der Waals surface area contributed by atoms with Crippen LogP contribution in [0.4, 0.5) is 0 Å². The van der Waals surface area contributed by atoms with Crippen LogP contribution < -0.4 is 5.56 Å². The van der Waals surface area contributed by atoms with Gasteiger partial charge in [-0.3, -0.25) is 4.79 Å². The van der Waals surface area contributed by atoms with Crippen LogP contribution in [0.1, 0.15) is 5.56 Å². The summed E-state index contributed by atoms with van der Waals surface area (Å²) in [5.74, 6) is 0.544. The fourth-order valence-electron chi connectivity index (χ4n) is 2.75. The van der Waals surface area contributed by atoms with E-state index in [1.54, 1.807) is 4.40 Å². The molecule has 0 fully saturated rings. The van der Waals surface area contributed by atoms with Crippen molar-refractivity contribution in [2.45, 2.75) is 6.92 Å². The summed E-state index contributed by atoms with van der Waals surface area (Å²) < 4.78 is 3.50. The molecular formula is C17H14N4O. The van der Waals surface area contributed by atoms with Gasteiger partial charge in [-0.05, 0) is 19.1 Å². The third kappa shape index (κ3) is 1.69. The van der Waals surface area contributed by atoms with Crippen LogP contribution in [-0.4, -0.2) is 19.2 Å². The number of nitrogens with zero attached hydrogens (tertiary/aromatic N) is 4. The molecule has 0 saturated heterocycles. The summed E-state index contributed by atoms with van der Waals surface area (Å²) in [7, 11) is 1.89. The Morgan fingerprint density at radius 3 is 2.32 bits per heavy atom. The van der Waals surface area contributed by atoms with E-state index in [0.29, 0.717) is 11.5 Å². The zero-order valence-electron chi connectivity index (χ0n) is 12.3. The van der Waals surface area contributed by atoms with Gasteiger partial charge in [0.2, 0.25) is 5.78 Å². The Labute approximate surface area is 126 Å². The third-order valence-electron chi connectivity index (χ3n) is 3.95. The van der Waals surface area contributed by atoms with Crippen LogP contribution in [0.3, 0.4) is 0 Å². The zero-order valence-corrected chi connectivity index (χ0v) is 12.3. The highest BCUT2D eigenvalue weighted by Gasteiger charge is 2.15. The molecule has 0 aliphatic carbocycles. The minimum Gasteiger partial charge on any atom is -0.311 e. The van der Waals surface area contributed by atoms with Crippen LogP contribution in [0.25, 0.3) is 28.1 Å². The van der Waals surface area contributed by atoms with Crippen LogP contribution in [-0.2, 0) is 7.05 Å². The zero-order chi connectivity index (χ0) is 15.3. The molecule has 2 aromatic carbocycles. The van der Waals surface area contributed by atoms with Gasteiger partial charge in [0.1, 0.15) is 0 Å². The molecule has 4 aromatic rings. The van der Waals surface area contributed by atoms with Crippen molar-refractivity contribution in [2.75, 3.05) is 0 Å². The van der Waals surface area contributed by atoms with Gasteiger partial charge in [0.25, 0.3) is 5.56 Å². The molecule has 108 valence electrons. The Balaban J connectivity index is 2.11. The van der Waals surface area contributed by atoms with E-state index in [1.165, 1.54) is 0 Å². The van der Waals surface area contributed by atoms with E-state index in [9.17, 15) is 4.79 Å². The van der Waals surface area contributed by atoms with Crippen molar-refractivity contribution in [1.29, 1.82) is 0 Å². The molecule has 0 atom stereocenters. The lowest BCUT2D eigenvalue weighted by atomic mass is 10.1. The number of aromatic nitrogens is 4. The lowest BCUT2D eigenvalue weighted by molar-refractivity contribution is 0.880. The Morgan fingerprint density at radius 2 is 1.59 bits per heavy atom. The van der Waals surface area contributed by atoms with Crippen LogP contribution in [0.5, 0.6) is 0 Å². The van der Waals surface area contributed by atoms with Gasteiger partial charge in [-0.25, -0.2) is 4.40 Å². The molecular weight excluding hydrogens is 276 g/mol. The Bertz CT molecular complexity index is 1060. The number of rotatable bonds is 1. The first-order chi connectivity index (χ1) is 10.7. The molecule has 5 heteroatoms.